The average molecular weight is 276 g/mol. The Bertz CT molecular complexity index is 683. The molecule has 0 saturated carbocycles. The topological polar surface area (TPSA) is 103 Å². The van der Waals surface area contributed by atoms with E-state index in [4.69, 9.17) is 11.5 Å². The van der Waals surface area contributed by atoms with Crippen molar-refractivity contribution in [3.05, 3.63) is 35.7 Å². The predicted molar refractivity (Wildman–Crippen MR) is 70.4 cm³/mol. The molecule has 0 radical (unpaired) electrons. The molecule has 0 fully saturated rings. The van der Waals surface area contributed by atoms with Gasteiger partial charge in [-0.2, -0.15) is 0 Å². The number of nitrogens with two attached hydrogens (primary N) is 2. The molecule has 0 unspecified atom stereocenters. The zero-order chi connectivity index (χ0) is 14.3. The van der Waals surface area contributed by atoms with Crippen LogP contribution >= 0.6 is 0 Å². The van der Waals surface area contributed by atoms with Crippen LogP contribution in [-0.2, 0) is 13.1 Å². The van der Waals surface area contributed by atoms with E-state index in [0.717, 1.165) is 11.9 Å². The number of hydrogen-bond donors (Lipinski definition) is 2. The summed E-state index contributed by atoms with van der Waals surface area (Å²) in [5, 5.41) is 7.78. The molecule has 0 saturated heterocycles. The molecule has 104 valence electrons. The van der Waals surface area contributed by atoms with Gasteiger partial charge in [0.25, 0.3) is 5.91 Å². The lowest BCUT2D eigenvalue weighted by atomic mass is 10.1. The second-order valence-electron chi connectivity index (χ2n) is 4.62. The highest BCUT2D eigenvalue weighted by Gasteiger charge is 2.22. The highest BCUT2D eigenvalue weighted by molar-refractivity contribution is 5.99. The van der Waals surface area contributed by atoms with Crippen LogP contribution in [0.5, 0.6) is 0 Å². The number of primary amides is 1. The van der Waals surface area contributed by atoms with Crippen molar-refractivity contribution >= 4 is 17.3 Å². The number of halogens is 1. The van der Waals surface area contributed by atoms with E-state index in [9.17, 15) is 9.18 Å². The lowest BCUT2D eigenvalue weighted by Gasteiger charge is -2.29. The summed E-state index contributed by atoms with van der Waals surface area (Å²) in [6, 6.07) is 2.51. The maximum Gasteiger partial charge on any atom is 0.250 e. The normalized spacial score (nSPS) is 14.2. The summed E-state index contributed by atoms with van der Waals surface area (Å²) in [7, 11) is 0. The Morgan fingerprint density at radius 1 is 1.35 bits per heavy atom. The molecule has 7 nitrogen and oxygen atoms in total. The molecule has 1 aromatic heterocycles. The van der Waals surface area contributed by atoms with Crippen LogP contribution in [0, 0.1) is 5.82 Å². The van der Waals surface area contributed by atoms with E-state index >= 15 is 0 Å². The van der Waals surface area contributed by atoms with Crippen LogP contribution in [0.4, 0.5) is 15.8 Å². The van der Waals surface area contributed by atoms with Crippen molar-refractivity contribution in [2.24, 2.45) is 5.73 Å². The first-order valence-corrected chi connectivity index (χ1v) is 6.06. The van der Waals surface area contributed by atoms with Crippen molar-refractivity contribution in [1.82, 2.24) is 14.8 Å². The highest BCUT2D eigenvalue weighted by atomic mass is 19.1. The van der Waals surface area contributed by atoms with Gasteiger partial charge in [-0.15, -0.1) is 10.2 Å². The maximum atomic E-state index is 14.1. The van der Waals surface area contributed by atoms with E-state index in [2.05, 4.69) is 10.2 Å². The summed E-state index contributed by atoms with van der Waals surface area (Å²) >= 11 is 0. The summed E-state index contributed by atoms with van der Waals surface area (Å²) in [4.78, 5) is 13.1. The van der Waals surface area contributed by atoms with Crippen LogP contribution in [-0.4, -0.2) is 27.2 Å². The Morgan fingerprint density at radius 2 is 2.15 bits per heavy atom. The van der Waals surface area contributed by atoms with E-state index in [0.29, 0.717) is 25.3 Å². The smallest absolute Gasteiger partial charge is 0.250 e. The van der Waals surface area contributed by atoms with Gasteiger partial charge >= 0.3 is 0 Å². The first-order valence-electron chi connectivity index (χ1n) is 6.06. The molecule has 1 amide bonds. The van der Waals surface area contributed by atoms with Crippen molar-refractivity contribution in [3.63, 3.8) is 0 Å². The Balaban J connectivity index is 1.99. The number of nitrogens with zero attached hydrogens (tertiary/aromatic N) is 4. The minimum absolute atomic E-state index is 0.0407. The van der Waals surface area contributed by atoms with Crippen molar-refractivity contribution in [3.8, 4) is 0 Å². The minimum atomic E-state index is -0.677. The van der Waals surface area contributed by atoms with E-state index in [1.807, 2.05) is 4.57 Å². The molecule has 0 aliphatic carbocycles. The number of carbonyl (C=O) groups excluding carboxylic acids is 1. The summed E-state index contributed by atoms with van der Waals surface area (Å²) in [6.45, 7) is 1.65. The molecule has 0 spiro atoms. The Morgan fingerprint density at radius 3 is 2.90 bits per heavy atom. The number of aromatic nitrogens is 3. The van der Waals surface area contributed by atoms with Gasteiger partial charge in [-0.3, -0.25) is 4.79 Å². The van der Waals surface area contributed by atoms with Crippen molar-refractivity contribution in [1.29, 1.82) is 0 Å². The maximum absolute atomic E-state index is 14.1. The van der Waals surface area contributed by atoms with Crippen LogP contribution in [0.1, 0.15) is 16.2 Å². The minimum Gasteiger partial charge on any atom is -0.398 e. The third-order valence-electron chi connectivity index (χ3n) is 3.36. The lowest BCUT2D eigenvalue weighted by Crippen LogP contribution is -2.34. The third-order valence-corrected chi connectivity index (χ3v) is 3.36. The summed E-state index contributed by atoms with van der Waals surface area (Å²) in [5.41, 5.74) is 11.3. The van der Waals surface area contributed by atoms with Crippen molar-refractivity contribution in [2.75, 3.05) is 17.2 Å². The molecule has 8 heteroatoms. The number of anilines is 2. The van der Waals surface area contributed by atoms with Crippen molar-refractivity contribution < 1.29 is 9.18 Å². The standard InChI is InChI=1S/C12H13FN6O/c13-8-4-9(14)7(12(15)20)3-10(8)18-1-2-19-6-16-17-11(19)5-18/h3-4,6H,1-2,5,14H2,(H2,15,20). The molecule has 0 atom stereocenters. The fourth-order valence-electron chi connectivity index (χ4n) is 2.30. The van der Waals surface area contributed by atoms with Crippen LogP contribution in [0.3, 0.4) is 0 Å². The van der Waals surface area contributed by atoms with Gasteiger partial charge in [0.05, 0.1) is 17.8 Å². The third kappa shape index (κ3) is 1.94. The SMILES string of the molecule is NC(=O)c1cc(N2CCn3cnnc3C2)c(F)cc1N. The van der Waals surface area contributed by atoms with Gasteiger partial charge in [0, 0.05) is 18.8 Å². The molecule has 2 heterocycles. The van der Waals surface area contributed by atoms with Gasteiger partial charge in [-0.05, 0) is 12.1 Å². The Labute approximate surface area is 114 Å². The van der Waals surface area contributed by atoms with Crippen molar-refractivity contribution in [2.45, 2.75) is 13.1 Å². The first-order chi connectivity index (χ1) is 9.56. The fourth-order valence-corrected chi connectivity index (χ4v) is 2.30. The molecule has 1 aliphatic rings. The van der Waals surface area contributed by atoms with Gasteiger partial charge in [-0.25, -0.2) is 4.39 Å². The van der Waals surface area contributed by atoms with E-state index < -0.39 is 11.7 Å². The number of hydrogen-bond acceptors (Lipinski definition) is 5. The molecular formula is C12H13FN6O. The number of fused-ring (bicyclic) bond motifs is 1. The Kier molecular flexibility index (Phi) is 2.78. The van der Waals surface area contributed by atoms with Gasteiger partial charge in [0.1, 0.15) is 12.1 Å². The second-order valence-corrected chi connectivity index (χ2v) is 4.62. The van der Waals surface area contributed by atoms with Gasteiger partial charge in [0.2, 0.25) is 0 Å². The zero-order valence-corrected chi connectivity index (χ0v) is 10.6. The fraction of sp³-hybridized carbons (Fsp3) is 0.250. The summed E-state index contributed by atoms with van der Waals surface area (Å²) < 4.78 is 16.0. The van der Waals surface area contributed by atoms with Crippen LogP contribution < -0.4 is 16.4 Å². The number of rotatable bonds is 2. The lowest BCUT2D eigenvalue weighted by molar-refractivity contribution is 0.100. The van der Waals surface area contributed by atoms with E-state index in [1.165, 1.54) is 6.07 Å². The monoisotopic (exact) mass is 276 g/mol. The van der Waals surface area contributed by atoms with Crippen LogP contribution in [0.2, 0.25) is 0 Å². The summed E-state index contributed by atoms with van der Waals surface area (Å²) in [6.07, 6.45) is 1.64. The van der Waals surface area contributed by atoms with Crippen LogP contribution in [0.15, 0.2) is 18.5 Å². The van der Waals surface area contributed by atoms with Gasteiger partial charge in [0.15, 0.2) is 5.82 Å². The first kappa shape index (κ1) is 12.4. The number of carbonyl (C=O) groups is 1. The van der Waals surface area contributed by atoms with Gasteiger partial charge in [-0.1, -0.05) is 0 Å². The highest BCUT2D eigenvalue weighted by Crippen LogP contribution is 2.27. The quantitative estimate of drug-likeness (QED) is 0.758. The molecule has 3 rings (SSSR count). The zero-order valence-electron chi connectivity index (χ0n) is 10.6. The molecule has 4 N–H and O–H groups in total. The number of nitrogen functional groups attached to an aromatic ring is 1. The molecule has 20 heavy (non-hydrogen) atoms. The predicted octanol–water partition coefficient (Wildman–Crippen LogP) is 0.118. The van der Waals surface area contributed by atoms with Gasteiger partial charge < -0.3 is 20.9 Å². The Hall–Kier alpha value is -2.64. The largest absolute Gasteiger partial charge is 0.398 e. The second kappa shape index (κ2) is 4.48. The molecule has 0 bridgehead atoms. The van der Waals surface area contributed by atoms with E-state index in [-0.39, 0.29) is 11.3 Å². The number of benzene rings is 1. The van der Waals surface area contributed by atoms with Crippen LogP contribution in [0.25, 0.3) is 0 Å². The average Bonchev–Trinajstić information content (AvgIpc) is 2.85. The number of amides is 1. The van der Waals surface area contributed by atoms with E-state index in [1.54, 1.807) is 11.2 Å². The molecule has 1 aliphatic heterocycles. The molecular weight excluding hydrogens is 263 g/mol. The molecule has 1 aromatic carbocycles. The summed E-state index contributed by atoms with van der Waals surface area (Å²) in [5.74, 6) is -0.419. The molecule has 2 aromatic rings.